The van der Waals surface area contributed by atoms with Crippen molar-refractivity contribution in [3.05, 3.63) is 68.8 Å². The number of carbonyl (C=O) groups is 2. The van der Waals surface area contributed by atoms with Gasteiger partial charge in [-0.25, -0.2) is 14.4 Å². The zero-order valence-corrected chi connectivity index (χ0v) is 24.7. The van der Waals surface area contributed by atoms with Gasteiger partial charge in [-0.3, -0.25) is 0 Å². The highest BCUT2D eigenvalue weighted by molar-refractivity contribution is 5.97. The van der Waals surface area contributed by atoms with Crippen molar-refractivity contribution in [1.29, 1.82) is 0 Å². The number of ether oxygens (including phenoxy) is 5. The van der Waals surface area contributed by atoms with Crippen LogP contribution in [0.15, 0.2) is 39.5 Å². The molecule has 0 aliphatic heterocycles. The Kier molecular flexibility index (Phi) is 11.4. The van der Waals surface area contributed by atoms with Crippen LogP contribution in [-0.4, -0.2) is 48.6 Å². The number of phenolic OH excluding ortho intramolecular Hbond substituents is 2. The molecule has 0 unspecified atom stereocenters. The quantitative estimate of drug-likeness (QED) is 0.161. The van der Waals surface area contributed by atoms with Crippen molar-refractivity contribution >= 4 is 11.9 Å². The first-order valence-corrected chi connectivity index (χ1v) is 13.6. The van der Waals surface area contributed by atoms with Gasteiger partial charge in [0.05, 0.1) is 39.6 Å². The standard InChI is InChI=1S/C31H36O12/c1-6-7-8-9-10-23(29-20(16-32)24(39-4)15-26(35)43-29)42-31(37)27-21(33)11-17(2)12-25(27)41-28-19(30(36)40-5)13-18(38-3)14-22(28)34/h11-15,23,32-34H,6-10,16H2,1-5H3/t23-/m0/s1. The number of aliphatic hydroxyl groups excluding tert-OH is 1. The molecule has 0 aliphatic rings. The molecule has 1 heterocycles. The number of carbonyl (C=O) groups excluding carboxylic acids is 2. The number of benzene rings is 2. The van der Waals surface area contributed by atoms with Gasteiger partial charge >= 0.3 is 17.6 Å². The summed E-state index contributed by atoms with van der Waals surface area (Å²) < 4.78 is 32.3. The summed E-state index contributed by atoms with van der Waals surface area (Å²) in [6.45, 7) is 3.10. The molecule has 232 valence electrons. The third kappa shape index (κ3) is 7.77. The molecule has 3 aromatic rings. The molecule has 3 rings (SSSR count). The summed E-state index contributed by atoms with van der Waals surface area (Å²) in [4.78, 5) is 38.5. The summed E-state index contributed by atoms with van der Waals surface area (Å²) in [6, 6.07) is 6.26. The molecule has 0 saturated carbocycles. The Morgan fingerprint density at radius 3 is 2.28 bits per heavy atom. The topological polar surface area (TPSA) is 171 Å². The molecule has 0 saturated heterocycles. The summed E-state index contributed by atoms with van der Waals surface area (Å²) in [5.41, 5.74) is -0.795. The lowest BCUT2D eigenvalue weighted by Crippen LogP contribution is -2.17. The molecule has 1 aromatic heterocycles. The number of hydrogen-bond donors (Lipinski definition) is 3. The maximum absolute atomic E-state index is 13.7. The second-order valence-corrected chi connectivity index (χ2v) is 9.65. The van der Waals surface area contributed by atoms with Crippen molar-refractivity contribution < 1.29 is 53.0 Å². The second kappa shape index (κ2) is 15.0. The van der Waals surface area contributed by atoms with E-state index in [2.05, 4.69) is 0 Å². The van der Waals surface area contributed by atoms with Crippen LogP contribution in [0.3, 0.4) is 0 Å². The second-order valence-electron chi connectivity index (χ2n) is 9.65. The number of phenols is 2. The molecule has 0 bridgehead atoms. The van der Waals surface area contributed by atoms with Gasteiger partial charge in [0, 0.05) is 6.07 Å². The van der Waals surface area contributed by atoms with Crippen LogP contribution in [0.4, 0.5) is 0 Å². The van der Waals surface area contributed by atoms with Gasteiger partial charge in [0.25, 0.3) is 0 Å². The first-order chi connectivity index (χ1) is 20.6. The number of aliphatic hydroxyl groups is 1. The van der Waals surface area contributed by atoms with Gasteiger partial charge in [0.2, 0.25) is 0 Å². The molecule has 12 heteroatoms. The van der Waals surface area contributed by atoms with E-state index in [1.807, 2.05) is 6.92 Å². The van der Waals surface area contributed by atoms with Crippen molar-refractivity contribution in [2.24, 2.45) is 0 Å². The minimum absolute atomic E-state index is 0.0656. The van der Waals surface area contributed by atoms with Gasteiger partial charge in [-0.15, -0.1) is 0 Å². The van der Waals surface area contributed by atoms with Gasteiger partial charge in [0.15, 0.2) is 23.4 Å². The highest BCUT2D eigenvalue weighted by Crippen LogP contribution is 2.42. The van der Waals surface area contributed by atoms with Gasteiger partial charge in [-0.1, -0.05) is 26.2 Å². The van der Waals surface area contributed by atoms with Gasteiger partial charge in [0.1, 0.15) is 34.1 Å². The van der Waals surface area contributed by atoms with E-state index in [-0.39, 0.29) is 46.3 Å². The number of rotatable bonds is 14. The van der Waals surface area contributed by atoms with Gasteiger partial charge in [-0.2, -0.15) is 0 Å². The number of aryl methyl sites for hydroxylation is 1. The van der Waals surface area contributed by atoms with Crippen molar-refractivity contribution in [2.75, 3.05) is 21.3 Å². The van der Waals surface area contributed by atoms with Crippen LogP contribution in [-0.2, 0) is 16.1 Å². The Labute approximate surface area is 248 Å². The monoisotopic (exact) mass is 600 g/mol. The lowest BCUT2D eigenvalue weighted by molar-refractivity contribution is 0.0190. The molecule has 0 fully saturated rings. The predicted molar refractivity (Wildman–Crippen MR) is 153 cm³/mol. The SMILES string of the molecule is CCCCCC[C@H](OC(=O)c1c(O)cc(C)cc1Oc1c(O)cc(OC)cc1C(=O)OC)c1oc(=O)cc(OC)c1CO. The van der Waals surface area contributed by atoms with Crippen LogP contribution in [0.5, 0.6) is 34.5 Å². The molecule has 43 heavy (non-hydrogen) atoms. The zero-order valence-electron chi connectivity index (χ0n) is 24.7. The highest BCUT2D eigenvalue weighted by atomic mass is 16.6. The molecule has 2 aromatic carbocycles. The normalized spacial score (nSPS) is 11.5. The summed E-state index contributed by atoms with van der Waals surface area (Å²) in [5, 5.41) is 31.6. The Bertz CT molecular complexity index is 1510. The van der Waals surface area contributed by atoms with Crippen LogP contribution in [0, 0.1) is 6.92 Å². The highest BCUT2D eigenvalue weighted by Gasteiger charge is 2.30. The van der Waals surface area contributed by atoms with Crippen molar-refractivity contribution in [3.63, 3.8) is 0 Å². The summed E-state index contributed by atoms with van der Waals surface area (Å²) in [5.74, 6) is -3.41. The third-order valence-electron chi connectivity index (χ3n) is 6.62. The van der Waals surface area contributed by atoms with E-state index in [0.29, 0.717) is 12.0 Å². The first-order valence-electron chi connectivity index (χ1n) is 13.6. The summed E-state index contributed by atoms with van der Waals surface area (Å²) >= 11 is 0. The Balaban J connectivity index is 2.10. The maximum atomic E-state index is 13.7. The van der Waals surface area contributed by atoms with E-state index < -0.39 is 47.3 Å². The van der Waals surface area contributed by atoms with Crippen LogP contribution in [0.25, 0.3) is 0 Å². The molecule has 1 atom stereocenters. The van der Waals surface area contributed by atoms with E-state index in [0.717, 1.165) is 32.4 Å². The van der Waals surface area contributed by atoms with Crippen LogP contribution < -0.4 is 19.8 Å². The van der Waals surface area contributed by atoms with Crippen LogP contribution in [0.2, 0.25) is 0 Å². The fraction of sp³-hybridized carbons (Fsp3) is 0.387. The fourth-order valence-corrected chi connectivity index (χ4v) is 4.51. The van der Waals surface area contributed by atoms with Crippen molar-refractivity contribution in [2.45, 2.75) is 58.7 Å². The minimum Gasteiger partial charge on any atom is -0.507 e. The fourth-order valence-electron chi connectivity index (χ4n) is 4.51. The number of esters is 2. The molecular weight excluding hydrogens is 564 g/mol. The Morgan fingerprint density at radius 1 is 0.907 bits per heavy atom. The smallest absolute Gasteiger partial charge is 0.346 e. The average Bonchev–Trinajstić information content (AvgIpc) is 2.98. The number of hydrogen-bond acceptors (Lipinski definition) is 12. The molecule has 0 aliphatic carbocycles. The largest absolute Gasteiger partial charge is 0.507 e. The minimum atomic E-state index is -1.15. The lowest BCUT2D eigenvalue weighted by atomic mass is 10.0. The molecular formula is C31H36O12. The van der Waals surface area contributed by atoms with E-state index in [1.165, 1.54) is 38.5 Å². The van der Waals surface area contributed by atoms with E-state index >= 15 is 0 Å². The van der Waals surface area contributed by atoms with E-state index in [4.69, 9.17) is 28.1 Å². The molecule has 0 amide bonds. The van der Waals surface area contributed by atoms with Gasteiger partial charge in [-0.05, 0) is 43.5 Å². The third-order valence-corrected chi connectivity index (χ3v) is 6.62. The molecule has 0 spiro atoms. The summed E-state index contributed by atoms with van der Waals surface area (Å²) in [6.07, 6.45) is 2.32. The number of aromatic hydroxyl groups is 2. The summed E-state index contributed by atoms with van der Waals surface area (Å²) in [7, 11) is 3.81. The molecule has 3 N–H and O–H groups in total. The van der Waals surface area contributed by atoms with Gasteiger partial charge < -0.3 is 43.4 Å². The molecule has 0 radical (unpaired) electrons. The maximum Gasteiger partial charge on any atom is 0.346 e. The first kappa shape index (κ1) is 32.8. The van der Waals surface area contributed by atoms with E-state index in [9.17, 15) is 29.7 Å². The van der Waals surface area contributed by atoms with Crippen LogP contribution >= 0.6 is 0 Å². The average molecular weight is 601 g/mol. The van der Waals surface area contributed by atoms with Crippen molar-refractivity contribution in [1.82, 2.24) is 0 Å². The Morgan fingerprint density at radius 2 is 1.65 bits per heavy atom. The van der Waals surface area contributed by atoms with Crippen molar-refractivity contribution in [3.8, 4) is 34.5 Å². The van der Waals surface area contributed by atoms with E-state index in [1.54, 1.807) is 6.92 Å². The number of methoxy groups -OCH3 is 3. The van der Waals surface area contributed by atoms with Crippen LogP contribution in [0.1, 0.15) is 82.7 Å². The zero-order chi connectivity index (χ0) is 31.7. The number of unbranched alkanes of at least 4 members (excludes halogenated alkanes) is 3. The molecule has 12 nitrogen and oxygen atoms in total. The Hall–Kier alpha value is -4.71. The lowest BCUT2D eigenvalue weighted by Gasteiger charge is -2.21. The predicted octanol–water partition coefficient (Wildman–Crippen LogP) is 5.32.